The van der Waals surface area contributed by atoms with Crippen molar-refractivity contribution in [2.24, 2.45) is 0 Å². The highest BCUT2D eigenvalue weighted by Gasteiger charge is 2.14. The minimum Gasteiger partial charge on any atom is -0.507 e. The van der Waals surface area contributed by atoms with E-state index in [-0.39, 0.29) is 11.5 Å². The molecule has 0 amide bonds. The predicted molar refractivity (Wildman–Crippen MR) is 111 cm³/mol. The highest BCUT2D eigenvalue weighted by Crippen LogP contribution is 2.39. The second-order valence-electron chi connectivity index (χ2n) is 7.64. The van der Waals surface area contributed by atoms with E-state index in [4.69, 9.17) is 0 Å². The van der Waals surface area contributed by atoms with Crippen LogP contribution in [0.2, 0.25) is 0 Å². The zero-order valence-corrected chi connectivity index (χ0v) is 16.8. The lowest BCUT2D eigenvalue weighted by molar-refractivity contribution is 0.467. The average molecular weight is 355 g/mol. The number of phenols is 2. The van der Waals surface area contributed by atoms with Gasteiger partial charge >= 0.3 is 0 Å². The number of hydrogen-bond acceptors (Lipinski definition) is 2. The quantitative estimate of drug-likeness (QED) is 0.494. The first kappa shape index (κ1) is 20.4. The summed E-state index contributed by atoms with van der Waals surface area (Å²) < 4.78 is 0. The van der Waals surface area contributed by atoms with Gasteiger partial charge in [-0.25, -0.2) is 0 Å². The maximum Gasteiger partial charge on any atom is 0.123 e. The third-order valence-electron chi connectivity index (χ3n) is 5.45. The number of aromatic hydroxyl groups is 2. The molecule has 0 radical (unpaired) electrons. The topological polar surface area (TPSA) is 40.5 Å². The second kappa shape index (κ2) is 9.66. The Labute approximate surface area is 158 Å². The van der Waals surface area contributed by atoms with Crippen molar-refractivity contribution in [2.45, 2.75) is 78.1 Å². The summed E-state index contributed by atoms with van der Waals surface area (Å²) >= 11 is 0. The molecule has 0 spiro atoms. The van der Waals surface area contributed by atoms with E-state index in [0.717, 1.165) is 24.0 Å². The fourth-order valence-electron chi connectivity index (χ4n) is 3.52. The summed E-state index contributed by atoms with van der Waals surface area (Å²) in [6.45, 7) is 8.80. The Morgan fingerprint density at radius 1 is 0.692 bits per heavy atom. The van der Waals surface area contributed by atoms with E-state index < -0.39 is 0 Å². The van der Waals surface area contributed by atoms with Gasteiger partial charge < -0.3 is 10.2 Å². The van der Waals surface area contributed by atoms with Crippen LogP contribution in [-0.4, -0.2) is 10.2 Å². The normalized spacial score (nSPS) is 13.5. The smallest absolute Gasteiger partial charge is 0.123 e. The van der Waals surface area contributed by atoms with Gasteiger partial charge in [0.25, 0.3) is 0 Å². The molecular formula is C24H34O2. The van der Waals surface area contributed by atoms with E-state index in [1.54, 1.807) is 0 Å². The van der Waals surface area contributed by atoms with E-state index in [9.17, 15) is 10.2 Å². The highest BCUT2D eigenvalue weighted by atomic mass is 16.3. The van der Waals surface area contributed by atoms with Gasteiger partial charge in [-0.2, -0.15) is 0 Å². The van der Waals surface area contributed by atoms with Gasteiger partial charge in [0, 0.05) is 11.1 Å². The summed E-state index contributed by atoms with van der Waals surface area (Å²) in [4.78, 5) is 0. The van der Waals surface area contributed by atoms with Gasteiger partial charge in [-0.1, -0.05) is 77.6 Å². The van der Waals surface area contributed by atoms with E-state index >= 15 is 0 Å². The Kier molecular flexibility index (Phi) is 7.56. The molecule has 0 aromatic heterocycles. The van der Waals surface area contributed by atoms with Crippen molar-refractivity contribution in [3.05, 3.63) is 47.5 Å². The summed E-state index contributed by atoms with van der Waals surface area (Å²) in [6.07, 6.45) is 7.02. The van der Waals surface area contributed by atoms with Crippen molar-refractivity contribution < 1.29 is 10.2 Å². The molecule has 0 saturated carbocycles. The summed E-state index contributed by atoms with van der Waals surface area (Å²) in [5.74, 6) is 1.36. The van der Waals surface area contributed by atoms with Gasteiger partial charge in [0.05, 0.1) is 0 Å². The van der Waals surface area contributed by atoms with Gasteiger partial charge in [-0.05, 0) is 47.9 Å². The Bertz CT molecular complexity index is 644. The molecule has 142 valence electrons. The van der Waals surface area contributed by atoms with Gasteiger partial charge in [0.2, 0.25) is 0 Å². The third-order valence-corrected chi connectivity index (χ3v) is 5.45. The standard InChI is InChI=1S/C24H34O2/c1-5-7-9-17(3)19-11-13-21(23(25)15-19)22-14-12-20(16-24(22)26)18(4)10-8-6-2/h11-18,25-26H,5-10H2,1-4H3. The molecule has 0 saturated heterocycles. The lowest BCUT2D eigenvalue weighted by Crippen LogP contribution is -1.95. The largest absolute Gasteiger partial charge is 0.507 e. The molecule has 2 aromatic carbocycles. The lowest BCUT2D eigenvalue weighted by atomic mass is 9.91. The maximum absolute atomic E-state index is 10.5. The van der Waals surface area contributed by atoms with Crippen molar-refractivity contribution in [3.8, 4) is 22.6 Å². The molecule has 2 nitrogen and oxygen atoms in total. The zero-order valence-electron chi connectivity index (χ0n) is 16.8. The molecule has 2 atom stereocenters. The van der Waals surface area contributed by atoms with Crippen LogP contribution in [0.15, 0.2) is 36.4 Å². The molecule has 0 fully saturated rings. The Morgan fingerprint density at radius 3 is 1.38 bits per heavy atom. The first-order chi connectivity index (χ1) is 12.5. The number of benzene rings is 2. The van der Waals surface area contributed by atoms with Crippen LogP contribution in [0.25, 0.3) is 11.1 Å². The van der Waals surface area contributed by atoms with Crippen molar-refractivity contribution in [1.82, 2.24) is 0 Å². The number of hydrogen-bond donors (Lipinski definition) is 2. The van der Waals surface area contributed by atoms with Crippen molar-refractivity contribution in [3.63, 3.8) is 0 Å². The van der Waals surface area contributed by atoms with Gasteiger partial charge in [-0.15, -0.1) is 0 Å². The van der Waals surface area contributed by atoms with E-state index in [2.05, 4.69) is 39.8 Å². The summed E-state index contributed by atoms with van der Waals surface area (Å²) in [6, 6.07) is 11.7. The number of unbranched alkanes of at least 4 members (excludes halogenated alkanes) is 2. The molecule has 0 bridgehead atoms. The van der Waals surface area contributed by atoms with Crippen LogP contribution < -0.4 is 0 Å². The molecule has 2 aromatic rings. The molecule has 2 rings (SSSR count). The predicted octanol–water partition coefficient (Wildman–Crippen LogP) is 7.35. The molecule has 0 aliphatic rings. The maximum atomic E-state index is 10.5. The minimum absolute atomic E-state index is 0.243. The third kappa shape index (κ3) is 5.03. The van der Waals surface area contributed by atoms with Gasteiger partial charge in [-0.3, -0.25) is 0 Å². The average Bonchev–Trinajstić information content (AvgIpc) is 2.64. The minimum atomic E-state index is 0.243. The molecule has 2 unspecified atom stereocenters. The molecule has 0 aliphatic heterocycles. The van der Waals surface area contributed by atoms with Crippen molar-refractivity contribution in [2.75, 3.05) is 0 Å². The van der Waals surface area contributed by atoms with E-state index in [0.29, 0.717) is 23.0 Å². The first-order valence-electron chi connectivity index (χ1n) is 10.1. The van der Waals surface area contributed by atoms with Crippen LogP contribution in [0.1, 0.15) is 89.2 Å². The van der Waals surface area contributed by atoms with Crippen LogP contribution in [0.5, 0.6) is 11.5 Å². The Morgan fingerprint density at radius 2 is 1.08 bits per heavy atom. The Balaban J connectivity index is 2.22. The van der Waals surface area contributed by atoms with E-state index in [1.807, 2.05) is 24.3 Å². The van der Waals surface area contributed by atoms with Crippen LogP contribution in [-0.2, 0) is 0 Å². The molecular weight excluding hydrogens is 320 g/mol. The van der Waals surface area contributed by atoms with E-state index in [1.165, 1.54) is 25.7 Å². The SMILES string of the molecule is CCCCC(C)c1ccc(-c2ccc(C(C)CCCC)cc2O)c(O)c1. The second-order valence-corrected chi connectivity index (χ2v) is 7.64. The summed E-state index contributed by atoms with van der Waals surface area (Å²) in [5.41, 5.74) is 3.71. The zero-order chi connectivity index (χ0) is 19.1. The highest BCUT2D eigenvalue weighted by molar-refractivity contribution is 5.76. The molecule has 0 heterocycles. The number of rotatable bonds is 9. The van der Waals surface area contributed by atoms with Crippen molar-refractivity contribution >= 4 is 0 Å². The van der Waals surface area contributed by atoms with Crippen LogP contribution >= 0.6 is 0 Å². The summed E-state index contributed by atoms with van der Waals surface area (Å²) in [7, 11) is 0. The van der Waals surface area contributed by atoms with Crippen LogP contribution in [0, 0.1) is 0 Å². The van der Waals surface area contributed by atoms with Gasteiger partial charge in [0.1, 0.15) is 11.5 Å². The molecule has 26 heavy (non-hydrogen) atoms. The molecule has 2 heteroatoms. The van der Waals surface area contributed by atoms with Gasteiger partial charge in [0.15, 0.2) is 0 Å². The van der Waals surface area contributed by atoms with Crippen LogP contribution in [0.4, 0.5) is 0 Å². The fraction of sp³-hybridized carbons (Fsp3) is 0.500. The lowest BCUT2D eigenvalue weighted by Gasteiger charge is -2.16. The van der Waals surface area contributed by atoms with Crippen molar-refractivity contribution in [1.29, 1.82) is 0 Å². The number of phenolic OH excluding ortho intramolecular Hbond substituents is 2. The summed E-state index contributed by atoms with van der Waals surface area (Å²) in [5, 5.41) is 21.1. The van der Waals surface area contributed by atoms with Crippen LogP contribution in [0.3, 0.4) is 0 Å². The molecule has 0 aliphatic carbocycles. The first-order valence-corrected chi connectivity index (χ1v) is 10.1. The monoisotopic (exact) mass is 354 g/mol. The fourth-order valence-corrected chi connectivity index (χ4v) is 3.52. The molecule has 2 N–H and O–H groups in total. The Hall–Kier alpha value is -1.96.